The molecular weight excluding hydrogens is 234 g/mol. The van der Waals surface area contributed by atoms with Crippen LogP contribution in [-0.2, 0) is 16.1 Å². The van der Waals surface area contributed by atoms with E-state index in [1.165, 1.54) is 17.0 Å². The van der Waals surface area contributed by atoms with Crippen molar-refractivity contribution < 1.29 is 14.3 Å². The van der Waals surface area contributed by atoms with Gasteiger partial charge < -0.3 is 4.74 Å². The van der Waals surface area contributed by atoms with Crippen molar-refractivity contribution in [2.75, 3.05) is 5.32 Å². The summed E-state index contributed by atoms with van der Waals surface area (Å²) in [6.45, 7) is 8.80. The molecule has 18 heavy (non-hydrogen) atoms. The first-order chi connectivity index (χ1) is 8.30. The molecule has 0 fully saturated rings. The lowest BCUT2D eigenvalue weighted by Crippen LogP contribution is -2.27. The average Bonchev–Trinajstić information content (AvgIpc) is 2.62. The van der Waals surface area contributed by atoms with Crippen LogP contribution in [0.2, 0.25) is 0 Å². The second-order valence-electron chi connectivity index (χ2n) is 4.72. The highest BCUT2D eigenvalue weighted by Gasteiger charge is 2.16. The maximum atomic E-state index is 11.5. The molecule has 0 aliphatic carbocycles. The summed E-state index contributed by atoms with van der Waals surface area (Å²) >= 11 is 0. The summed E-state index contributed by atoms with van der Waals surface area (Å²) in [5.74, 6) is -0.151. The highest BCUT2D eigenvalue weighted by atomic mass is 16.6. The van der Waals surface area contributed by atoms with Gasteiger partial charge in [0.2, 0.25) is 0 Å². The van der Waals surface area contributed by atoms with E-state index < -0.39 is 11.7 Å². The van der Waals surface area contributed by atoms with Crippen LogP contribution in [0.1, 0.15) is 20.8 Å². The van der Waals surface area contributed by atoms with Crippen LogP contribution in [0.5, 0.6) is 0 Å². The number of hydrogen-bond acceptors (Lipinski definition) is 4. The average molecular weight is 251 g/mol. The van der Waals surface area contributed by atoms with Crippen LogP contribution < -0.4 is 5.32 Å². The van der Waals surface area contributed by atoms with Crippen molar-refractivity contribution in [2.45, 2.75) is 32.9 Å². The second-order valence-corrected chi connectivity index (χ2v) is 4.72. The van der Waals surface area contributed by atoms with E-state index in [2.05, 4.69) is 17.0 Å². The van der Waals surface area contributed by atoms with Crippen molar-refractivity contribution in [3.63, 3.8) is 0 Å². The van der Waals surface area contributed by atoms with E-state index in [9.17, 15) is 9.59 Å². The van der Waals surface area contributed by atoms with Crippen LogP contribution >= 0.6 is 0 Å². The van der Waals surface area contributed by atoms with Gasteiger partial charge in [-0.3, -0.25) is 14.8 Å². The number of anilines is 1. The van der Waals surface area contributed by atoms with Crippen LogP contribution in [-0.4, -0.2) is 27.3 Å². The maximum Gasteiger partial charge on any atom is 0.412 e. The van der Waals surface area contributed by atoms with E-state index in [1.54, 1.807) is 27.0 Å². The zero-order valence-corrected chi connectivity index (χ0v) is 10.8. The Kier molecular flexibility index (Phi) is 4.25. The van der Waals surface area contributed by atoms with Gasteiger partial charge in [0, 0.05) is 6.20 Å². The number of carbonyl (C=O) groups excluding carboxylic acids is 2. The molecular formula is C12H17N3O3. The fourth-order valence-corrected chi connectivity index (χ4v) is 1.16. The second kappa shape index (κ2) is 5.48. The predicted molar refractivity (Wildman–Crippen MR) is 67.3 cm³/mol. The summed E-state index contributed by atoms with van der Waals surface area (Å²) in [7, 11) is 0. The van der Waals surface area contributed by atoms with E-state index >= 15 is 0 Å². The third-order valence-corrected chi connectivity index (χ3v) is 1.82. The quantitative estimate of drug-likeness (QED) is 0.830. The number of ketones is 1. The Hall–Kier alpha value is -2.11. The minimum Gasteiger partial charge on any atom is -0.444 e. The Morgan fingerprint density at radius 3 is 2.78 bits per heavy atom. The first-order valence-electron chi connectivity index (χ1n) is 5.48. The molecule has 1 amide bonds. The molecule has 0 aliphatic rings. The molecule has 98 valence electrons. The fraction of sp³-hybridized carbons (Fsp3) is 0.417. The van der Waals surface area contributed by atoms with Gasteiger partial charge in [0.25, 0.3) is 0 Å². The molecule has 1 aromatic heterocycles. The molecule has 1 heterocycles. The van der Waals surface area contributed by atoms with Crippen molar-refractivity contribution in [3.05, 3.63) is 25.0 Å². The van der Waals surface area contributed by atoms with E-state index in [1.807, 2.05) is 0 Å². The van der Waals surface area contributed by atoms with Gasteiger partial charge in [-0.2, -0.15) is 5.10 Å². The molecule has 1 rings (SSSR count). The summed E-state index contributed by atoms with van der Waals surface area (Å²) in [6, 6.07) is 0. The number of aromatic nitrogens is 2. The Morgan fingerprint density at radius 2 is 2.22 bits per heavy atom. The van der Waals surface area contributed by atoms with E-state index in [-0.39, 0.29) is 12.3 Å². The minimum atomic E-state index is -0.558. The Labute approximate surface area is 106 Å². The number of ether oxygens (including phenoxy) is 1. The summed E-state index contributed by atoms with van der Waals surface area (Å²) in [5.41, 5.74) is -0.0834. The summed E-state index contributed by atoms with van der Waals surface area (Å²) in [5, 5.41) is 6.46. The normalized spacial score (nSPS) is 10.8. The van der Waals surface area contributed by atoms with Gasteiger partial charge in [0.15, 0.2) is 5.78 Å². The van der Waals surface area contributed by atoms with Gasteiger partial charge >= 0.3 is 6.09 Å². The molecule has 0 aromatic carbocycles. The molecule has 6 heteroatoms. The predicted octanol–water partition coefficient (Wildman–Crippen LogP) is 1.99. The van der Waals surface area contributed by atoms with Crippen LogP contribution in [0.4, 0.5) is 10.5 Å². The smallest absolute Gasteiger partial charge is 0.412 e. The van der Waals surface area contributed by atoms with Crippen molar-refractivity contribution in [1.29, 1.82) is 0 Å². The Balaban J connectivity index is 2.56. The monoisotopic (exact) mass is 251 g/mol. The van der Waals surface area contributed by atoms with Gasteiger partial charge in [-0.25, -0.2) is 4.79 Å². The summed E-state index contributed by atoms with van der Waals surface area (Å²) < 4.78 is 6.50. The number of nitrogens with one attached hydrogen (secondary N) is 1. The Morgan fingerprint density at radius 1 is 1.56 bits per heavy atom. The highest BCUT2D eigenvalue weighted by molar-refractivity contribution is 5.89. The molecule has 0 unspecified atom stereocenters. The van der Waals surface area contributed by atoms with E-state index in [0.717, 1.165) is 0 Å². The van der Waals surface area contributed by atoms with Gasteiger partial charge in [-0.1, -0.05) is 6.58 Å². The third kappa shape index (κ3) is 4.82. The van der Waals surface area contributed by atoms with Crippen molar-refractivity contribution in [1.82, 2.24) is 9.78 Å². The lowest BCUT2D eigenvalue weighted by molar-refractivity contribution is -0.115. The standard InChI is InChI=1S/C12H17N3O3/c1-5-10(16)8-15-7-9(6-13-15)14-11(17)18-12(2,3)4/h5-7H,1,8H2,2-4H3,(H,14,17). The van der Waals surface area contributed by atoms with Crippen molar-refractivity contribution in [2.24, 2.45) is 0 Å². The molecule has 0 saturated carbocycles. The molecule has 0 radical (unpaired) electrons. The van der Waals surface area contributed by atoms with Gasteiger partial charge in [-0.05, 0) is 26.8 Å². The third-order valence-electron chi connectivity index (χ3n) is 1.82. The first kappa shape index (κ1) is 14.0. The van der Waals surface area contributed by atoms with E-state index in [4.69, 9.17) is 4.74 Å². The zero-order chi connectivity index (χ0) is 13.8. The van der Waals surface area contributed by atoms with Crippen LogP contribution in [0.25, 0.3) is 0 Å². The molecule has 0 atom stereocenters. The van der Waals surface area contributed by atoms with Gasteiger partial charge in [0.1, 0.15) is 12.1 Å². The lowest BCUT2D eigenvalue weighted by Gasteiger charge is -2.19. The summed E-state index contributed by atoms with van der Waals surface area (Å²) in [4.78, 5) is 22.6. The molecule has 1 N–H and O–H groups in total. The van der Waals surface area contributed by atoms with Crippen LogP contribution in [0.15, 0.2) is 25.0 Å². The molecule has 0 bridgehead atoms. The topological polar surface area (TPSA) is 73.2 Å². The Bertz CT molecular complexity index is 457. The number of carbonyl (C=O) groups is 2. The fourth-order valence-electron chi connectivity index (χ4n) is 1.16. The van der Waals surface area contributed by atoms with Crippen LogP contribution in [0.3, 0.4) is 0 Å². The number of hydrogen-bond donors (Lipinski definition) is 1. The van der Waals surface area contributed by atoms with E-state index in [0.29, 0.717) is 5.69 Å². The number of amides is 1. The molecule has 6 nitrogen and oxygen atoms in total. The molecule has 0 saturated heterocycles. The number of allylic oxidation sites excluding steroid dienone is 1. The molecule has 1 aromatic rings. The largest absolute Gasteiger partial charge is 0.444 e. The number of nitrogens with zero attached hydrogens (tertiary/aromatic N) is 2. The maximum absolute atomic E-state index is 11.5. The van der Waals surface area contributed by atoms with Gasteiger partial charge in [-0.15, -0.1) is 0 Å². The zero-order valence-electron chi connectivity index (χ0n) is 10.8. The number of rotatable bonds is 4. The first-order valence-corrected chi connectivity index (χ1v) is 5.48. The minimum absolute atomic E-state index is 0.0967. The van der Waals surface area contributed by atoms with Gasteiger partial charge in [0.05, 0.1) is 11.9 Å². The summed E-state index contributed by atoms with van der Waals surface area (Å²) in [6.07, 6.45) is 3.66. The van der Waals surface area contributed by atoms with Crippen molar-refractivity contribution >= 4 is 17.6 Å². The van der Waals surface area contributed by atoms with Crippen molar-refractivity contribution in [3.8, 4) is 0 Å². The highest BCUT2D eigenvalue weighted by Crippen LogP contribution is 2.10. The SMILES string of the molecule is C=CC(=O)Cn1cc(NC(=O)OC(C)(C)C)cn1. The molecule has 0 aliphatic heterocycles. The lowest BCUT2D eigenvalue weighted by atomic mass is 10.2. The molecule has 0 spiro atoms. The van der Waals surface area contributed by atoms with Crippen LogP contribution in [0, 0.1) is 0 Å².